The first kappa shape index (κ1) is 21.4. The second kappa shape index (κ2) is 9.96. The zero-order valence-corrected chi connectivity index (χ0v) is 18.4. The maximum Gasteiger partial charge on any atom is 0.191 e. The molecule has 1 atom stereocenters. The number of aromatic amines is 1. The molecule has 1 unspecified atom stereocenters. The van der Waals surface area contributed by atoms with Gasteiger partial charge in [-0.25, -0.2) is 4.39 Å². The second-order valence-corrected chi connectivity index (χ2v) is 8.29. The summed E-state index contributed by atoms with van der Waals surface area (Å²) in [4.78, 5) is 10.2. The maximum absolute atomic E-state index is 13.6. The van der Waals surface area contributed by atoms with Crippen molar-refractivity contribution in [2.24, 2.45) is 4.99 Å². The van der Waals surface area contributed by atoms with Gasteiger partial charge in [0.25, 0.3) is 0 Å². The monoisotopic (exact) mass is 421 g/mol. The van der Waals surface area contributed by atoms with Gasteiger partial charge in [-0.2, -0.15) is 0 Å². The SMILES string of the molecule is CN=C(NCCc1c[nH]c2ccc(F)cc12)NC1CCN(C(C)c2ccccc2)CC1. The molecule has 2 heterocycles. The van der Waals surface area contributed by atoms with Crippen molar-refractivity contribution in [3.05, 3.63) is 71.7 Å². The number of piperidine rings is 1. The van der Waals surface area contributed by atoms with Crippen molar-refractivity contribution in [2.45, 2.75) is 38.3 Å². The highest BCUT2D eigenvalue weighted by molar-refractivity contribution is 5.83. The van der Waals surface area contributed by atoms with Crippen molar-refractivity contribution in [3.8, 4) is 0 Å². The largest absolute Gasteiger partial charge is 0.361 e. The predicted molar refractivity (Wildman–Crippen MR) is 126 cm³/mol. The van der Waals surface area contributed by atoms with Gasteiger partial charge < -0.3 is 15.6 Å². The Kier molecular flexibility index (Phi) is 6.87. The second-order valence-electron chi connectivity index (χ2n) is 8.29. The molecule has 2 aromatic carbocycles. The minimum atomic E-state index is -0.202. The predicted octanol–water partition coefficient (Wildman–Crippen LogP) is 4.24. The number of guanidine groups is 1. The van der Waals surface area contributed by atoms with Crippen LogP contribution >= 0.6 is 0 Å². The van der Waals surface area contributed by atoms with Crippen LogP contribution in [-0.4, -0.2) is 48.6 Å². The molecule has 0 spiro atoms. The van der Waals surface area contributed by atoms with E-state index < -0.39 is 0 Å². The van der Waals surface area contributed by atoms with Gasteiger partial charge in [0.1, 0.15) is 5.82 Å². The van der Waals surface area contributed by atoms with E-state index in [4.69, 9.17) is 0 Å². The molecule has 6 heteroatoms. The van der Waals surface area contributed by atoms with Crippen LogP contribution in [0.25, 0.3) is 10.9 Å². The molecular weight excluding hydrogens is 389 g/mol. The summed E-state index contributed by atoms with van der Waals surface area (Å²) in [7, 11) is 1.81. The fraction of sp³-hybridized carbons (Fsp3) is 0.400. The van der Waals surface area contributed by atoms with E-state index in [1.807, 2.05) is 13.2 Å². The molecule has 4 rings (SSSR count). The van der Waals surface area contributed by atoms with Crippen LogP contribution in [0.15, 0.2) is 59.7 Å². The number of hydrogen-bond donors (Lipinski definition) is 3. The number of H-pyrrole nitrogens is 1. The van der Waals surface area contributed by atoms with Crippen LogP contribution in [0, 0.1) is 5.82 Å². The molecule has 0 aliphatic carbocycles. The third kappa shape index (κ3) is 5.25. The smallest absolute Gasteiger partial charge is 0.191 e. The average molecular weight is 422 g/mol. The van der Waals surface area contributed by atoms with Crippen molar-refractivity contribution < 1.29 is 4.39 Å². The molecular formula is C25H32FN5. The Morgan fingerprint density at radius 3 is 2.71 bits per heavy atom. The minimum Gasteiger partial charge on any atom is -0.361 e. The molecule has 0 radical (unpaired) electrons. The molecule has 1 aliphatic rings. The van der Waals surface area contributed by atoms with Gasteiger partial charge >= 0.3 is 0 Å². The van der Waals surface area contributed by atoms with Crippen molar-refractivity contribution in [1.29, 1.82) is 0 Å². The van der Waals surface area contributed by atoms with E-state index in [2.05, 4.69) is 62.8 Å². The third-order valence-electron chi connectivity index (χ3n) is 6.34. The zero-order chi connectivity index (χ0) is 21.6. The Morgan fingerprint density at radius 2 is 1.97 bits per heavy atom. The van der Waals surface area contributed by atoms with Crippen LogP contribution in [0.2, 0.25) is 0 Å². The minimum absolute atomic E-state index is 0.202. The summed E-state index contributed by atoms with van der Waals surface area (Å²) >= 11 is 0. The van der Waals surface area contributed by atoms with Gasteiger partial charge in [-0.3, -0.25) is 9.89 Å². The van der Waals surface area contributed by atoms with Crippen LogP contribution in [-0.2, 0) is 6.42 Å². The first-order valence-corrected chi connectivity index (χ1v) is 11.2. The van der Waals surface area contributed by atoms with E-state index in [0.717, 1.165) is 61.3 Å². The van der Waals surface area contributed by atoms with Crippen LogP contribution in [0.4, 0.5) is 4.39 Å². The van der Waals surface area contributed by atoms with Gasteiger partial charge in [0.05, 0.1) is 0 Å². The summed E-state index contributed by atoms with van der Waals surface area (Å²) in [5, 5.41) is 7.94. The zero-order valence-electron chi connectivity index (χ0n) is 18.4. The molecule has 3 N–H and O–H groups in total. The molecule has 1 aliphatic heterocycles. The standard InChI is InChI=1S/C25H32FN5/c1-18(19-6-4-3-5-7-19)31-14-11-22(12-15-31)30-25(27-2)28-13-10-20-17-29-24-9-8-21(26)16-23(20)24/h3-9,16-18,22,29H,10-15H2,1-2H3,(H2,27,28,30). The van der Waals surface area contributed by atoms with E-state index >= 15 is 0 Å². The summed E-state index contributed by atoms with van der Waals surface area (Å²) in [6, 6.07) is 16.5. The van der Waals surface area contributed by atoms with Gasteiger partial charge in [0.15, 0.2) is 5.96 Å². The van der Waals surface area contributed by atoms with Crippen LogP contribution in [0.1, 0.15) is 36.9 Å². The number of aliphatic imine (C=N–C) groups is 1. The molecule has 0 saturated carbocycles. The molecule has 0 amide bonds. The van der Waals surface area contributed by atoms with Gasteiger partial charge in [-0.05, 0) is 55.5 Å². The lowest BCUT2D eigenvalue weighted by Crippen LogP contribution is -2.49. The molecule has 1 aromatic heterocycles. The fourth-order valence-corrected chi connectivity index (χ4v) is 4.43. The Balaban J connectivity index is 1.24. The summed E-state index contributed by atoms with van der Waals surface area (Å²) in [6.45, 7) is 5.18. The number of benzene rings is 2. The first-order chi connectivity index (χ1) is 15.1. The number of rotatable bonds is 6. The topological polar surface area (TPSA) is 55.5 Å². The van der Waals surface area contributed by atoms with E-state index in [0.29, 0.717) is 12.1 Å². The number of nitrogens with zero attached hydrogens (tertiary/aromatic N) is 2. The number of nitrogens with one attached hydrogen (secondary N) is 3. The first-order valence-electron chi connectivity index (χ1n) is 11.2. The summed E-state index contributed by atoms with van der Waals surface area (Å²) < 4.78 is 13.6. The normalized spacial score (nSPS) is 17.1. The molecule has 31 heavy (non-hydrogen) atoms. The number of hydrogen-bond acceptors (Lipinski definition) is 2. The van der Waals surface area contributed by atoms with Crippen molar-refractivity contribution in [3.63, 3.8) is 0 Å². The number of halogens is 1. The van der Waals surface area contributed by atoms with Gasteiger partial charge in [0, 0.05) is 55.9 Å². The van der Waals surface area contributed by atoms with Gasteiger partial charge in [0.2, 0.25) is 0 Å². The Morgan fingerprint density at radius 1 is 1.19 bits per heavy atom. The quantitative estimate of drug-likeness (QED) is 0.412. The molecule has 0 bridgehead atoms. The Bertz CT molecular complexity index is 1010. The highest BCUT2D eigenvalue weighted by Crippen LogP contribution is 2.24. The molecule has 1 saturated heterocycles. The third-order valence-corrected chi connectivity index (χ3v) is 6.34. The molecule has 3 aromatic rings. The van der Waals surface area contributed by atoms with Crippen LogP contribution in [0.3, 0.4) is 0 Å². The summed E-state index contributed by atoms with van der Waals surface area (Å²) in [5.41, 5.74) is 3.46. The lowest BCUT2D eigenvalue weighted by Gasteiger charge is -2.37. The molecule has 5 nitrogen and oxygen atoms in total. The maximum atomic E-state index is 13.6. The van der Waals surface area contributed by atoms with E-state index in [-0.39, 0.29) is 5.82 Å². The van der Waals surface area contributed by atoms with Gasteiger partial charge in [-0.1, -0.05) is 30.3 Å². The summed E-state index contributed by atoms with van der Waals surface area (Å²) in [6.07, 6.45) is 4.96. The van der Waals surface area contributed by atoms with E-state index in [9.17, 15) is 4.39 Å². The van der Waals surface area contributed by atoms with Crippen molar-refractivity contribution in [2.75, 3.05) is 26.7 Å². The fourth-order valence-electron chi connectivity index (χ4n) is 4.43. The average Bonchev–Trinajstić information content (AvgIpc) is 3.21. The Labute approximate surface area is 183 Å². The van der Waals surface area contributed by atoms with Crippen LogP contribution < -0.4 is 10.6 Å². The Hall–Kier alpha value is -2.86. The van der Waals surface area contributed by atoms with Crippen molar-refractivity contribution >= 4 is 16.9 Å². The number of fused-ring (bicyclic) bond motifs is 1. The van der Waals surface area contributed by atoms with Crippen LogP contribution in [0.5, 0.6) is 0 Å². The molecule has 1 fully saturated rings. The van der Waals surface area contributed by atoms with Crippen molar-refractivity contribution in [1.82, 2.24) is 20.5 Å². The highest BCUT2D eigenvalue weighted by atomic mass is 19.1. The molecule has 164 valence electrons. The summed E-state index contributed by atoms with van der Waals surface area (Å²) in [5.74, 6) is 0.632. The van der Waals surface area contributed by atoms with E-state index in [1.165, 1.54) is 11.6 Å². The number of aromatic nitrogens is 1. The number of likely N-dealkylation sites (tertiary alicyclic amines) is 1. The highest BCUT2D eigenvalue weighted by Gasteiger charge is 2.24. The lowest BCUT2D eigenvalue weighted by atomic mass is 10.0. The van der Waals surface area contributed by atoms with E-state index in [1.54, 1.807) is 12.1 Å². The lowest BCUT2D eigenvalue weighted by molar-refractivity contribution is 0.158. The van der Waals surface area contributed by atoms with Gasteiger partial charge in [-0.15, -0.1) is 0 Å².